The maximum Gasteiger partial charge on any atom is 0.279 e. The molecule has 0 saturated carbocycles. The van der Waals surface area contributed by atoms with Crippen molar-refractivity contribution in [3.8, 4) is 11.8 Å². The van der Waals surface area contributed by atoms with E-state index in [1.165, 1.54) is 22.5 Å². The fraction of sp³-hybridized carbons (Fsp3) is 0.429. The molecule has 1 aromatic carbocycles. The molecule has 0 atom stereocenters. The number of benzene rings is 1. The summed E-state index contributed by atoms with van der Waals surface area (Å²) in [5.74, 6) is 4.60. The summed E-state index contributed by atoms with van der Waals surface area (Å²) in [4.78, 5) is 0. The van der Waals surface area contributed by atoms with Crippen LogP contribution < -0.4 is 4.72 Å². The summed E-state index contributed by atoms with van der Waals surface area (Å²) in [6.45, 7) is 3.70. The van der Waals surface area contributed by atoms with Crippen LogP contribution in [0.4, 0.5) is 4.39 Å². The van der Waals surface area contributed by atoms with Gasteiger partial charge in [-0.2, -0.15) is 17.4 Å². The van der Waals surface area contributed by atoms with E-state index in [-0.39, 0.29) is 18.7 Å². The minimum atomic E-state index is -3.63. The summed E-state index contributed by atoms with van der Waals surface area (Å²) in [5, 5.41) is 8.63. The number of aliphatic hydroxyl groups excluding tert-OH is 1. The lowest BCUT2D eigenvalue weighted by atomic mass is 10.1. The van der Waals surface area contributed by atoms with E-state index in [9.17, 15) is 12.8 Å². The lowest BCUT2D eigenvalue weighted by Crippen LogP contribution is -2.40. The van der Waals surface area contributed by atoms with Crippen molar-refractivity contribution >= 4 is 10.2 Å². The topological polar surface area (TPSA) is 69.6 Å². The highest BCUT2D eigenvalue weighted by molar-refractivity contribution is 7.87. The Morgan fingerprint density at radius 3 is 2.57 bits per heavy atom. The normalized spacial score (nSPS) is 11.3. The first-order valence-electron chi connectivity index (χ1n) is 6.57. The van der Waals surface area contributed by atoms with Gasteiger partial charge in [-0.05, 0) is 18.2 Å². The summed E-state index contributed by atoms with van der Waals surface area (Å²) in [6, 6.07) is 4.16. The third kappa shape index (κ3) is 5.10. The molecular formula is C14H19FN2O3S. The summed E-state index contributed by atoms with van der Waals surface area (Å²) in [7, 11) is -3.63. The third-order valence-electron chi connectivity index (χ3n) is 2.85. The van der Waals surface area contributed by atoms with Crippen LogP contribution in [0.15, 0.2) is 18.2 Å². The van der Waals surface area contributed by atoms with E-state index in [2.05, 4.69) is 16.6 Å². The van der Waals surface area contributed by atoms with Gasteiger partial charge in [0.25, 0.3) is 10.2 Å². The Bertz CT molecular complexity index is 631. The molecule has 1 rings (SSSR count). The third-order valence-corrected chi connectivity index (χ3v) is 4.55. The zero-order valence-electron chi connectivity index (χ0n) is 12.1. The van der Waals surface area contributed by atoms with Crippen LogP contribution in [0.1, 0.15) is 25.0 Å². The van der Waals surface area contributed by atoms with Crippen LogP contribution in [0.2, 0.25) is 0 Å². The van der Waals surface area contributed by atoms with Crippen LogP contribution in [0, 0.1) is 17.7 Å². The number of rotatable bonds is 6. The lowest BCUT2D eigenvalue weighted by Gasteiger charge is -2.18. The minimum Gasteiger partial charge on any atom is -0.384 e. The second-order valence-electron chi connectivity index (χ2n) is 4.18. The average molecular weight is 314 g/mol. The van der Waals surface area contributed by atoms with Crippen LogP contribution in [0.25, 0.3) is 0 Å². The van der Waals surface area contributed by atoms with Crippen molar-refractivity contribution in [3.05, 3.63) is 35.1 Å². The second-order valence-corrected chi connectivity index (χ2v) is 5.93. The Morgan fingerprint density at radius 2 is 2.00 bits per heavy atom. The monoisotopic (exact) mass is 314 g/mol. The highest BCUT2D eigenvalue weighted by Crippen LogP contribution is 2.11. The zero-order chi connectivity index (χ0) is 15.9. The quantitative estimate of drug-likeness (QED) is 0.765. The molecule has 0 heterocycles. The van der Waals surface area contributed by atoms with E-state index in [1.54, 1.807) is 13.8 Å². The molecular weight excluding hydrogens is 295 g/mol. The average Bonchev–Trinajstić information content (AvgIpc) is 2.46. The van der Waals surface area contributed by atoms with Gasteiger partial charge in [-0.25, -0.2) is 4.39 Å². The highest BCUT2D eigenvalue weighted by atomic mass is 32.2. The molecule has 21 heavy (non-hydrogen) atoms. The summed E-state index contributed by atoms with van der Waals surface area (Å²) in [6.07, 6.45) is 0. The van der Waals surface area contributed by atoms with Gasteiger partial charge in [0, 0.05) is 30.8 Å². The van der Waals surface area contributed by atoms with E-state index in [0.717, 1.165) is 0 Å². The van der Waals surface area contributed by atoms with Gasteiger partial charge in [-0.3, -0.25) is 0 Å². The van der Waals surface area contributed by atoms with Crippen molar-refractivity contribution in [3.63, 3.8) is 0 Å². The largest absolute Gasteiger partial charge is 0.384 e. The Hall–Kier alpha value is -1.46. The van der Waals surface area contributed by atoms with Crippen LogP contribution in [-0.4, -0.2) is 37.5 Å². The van der Waals surface area contributed by atoms with E-state index in [4.69, 9.17) is 5.11 Å². The summed E-state index contributed by atoms with van der Waals surface area (Å²) < 4.78 is 41.2. The molecule has 0 saturated heterocycles. The van der Waals surface area contributed by atoms with Gasteiger partial charge >= 0.3 is 0 Å². The molecule has 0 bridgehead atoms. The SMILES string of the molecule is CCN(CC)S(=O)(=O)NCc1cc(C#CCO)ccc1F. The van der Waals surface area contributed by atoms with Crippen LogP contribution >= 0.6 is 0 Å². The Balaban J connectivity index is 2.88. The number of nitrogens with zero attached hydrogens (tertiary/aromatic N) is 1. The van der Waals surface area contributed by atoms with Crippen molar-refractivity contribution in [2.75, 3.05) is 19.7 Å². The number of aliphatic hydroxyl groups is 1. The van der Waals surface area contributed by atoms with Gasteiger partial charge < -0.3 is 5.11 Å². The Kier molecular flexibility index (Phi) is 6.78. The van der Waals surface area contributed by atoms with Crippen molar-refractivity contribution in [1.29, 1.82) is 0 Å². The van der Waals surface area contributed by atoms with Crippen LogP contribution in [0.3, 0.4) is 0 Å². The first-order chi connectivity index (χ1) is 9.94. The molecule has 0 fully saturated rings. The number of hydrogen-bond acceptors (Lipinski definition) is 3. The maximum absolute atomic E-state index is 13.7. The molecule has 2 N–H and O–H groups in total. The Labute approximate surface area is 125 Å². The number of nitrogens with one attached hydrogen (secondary N) is 1. The van der Waals surface area contributed by atoms with Crippen molar-refractivity contribution in [2.24, 2.45) is 0 Å². The molecule has 0 spiro atoms. The van der Waals surface area contributed by atoms with Gasteiger partial charge in [0.1, 0.15) is 12.4 Å². The van der Waals surface area contributed by atoms with Gasteiger partial charge in [0.05, 0.1) is 0 Å². The number of hydrogen-bond donors (Lipinski definition) is 2. The van der Waals surface area contributed by atoms with E-state index < -0.39 is 16.0 Å². The standard InChI is InChI=1S/C14H19FN2O3S/c1-3-17(4-2)21(19,20)16-11-13-10-12(6-5-9-18)7-8-14(13)15/h7-8,10,16,18H,3-4,9,11H2,1-2H3. The fourth-order valence-corrected chi connectivity index (χ4v) is 2.95. The molecule has 1 aromatic rings. The lowest BCUT2D eigenvalue weighted by molar-refractivity contribution is 0.350. The molecule has 0 aliphatic carbocycles. The molecule has 0 unspecified atom stereocenters. The molecule has 7 heteroatoms. The van der Waals surface area contributed by atoms with Crippen LogP contribution in [-0.2, 0) is 16.8 Å². The van der Waals surface area contributed by atoms with Gasteiger partial charge in [0.15, 0.2) is 0 Å². The first-order valence-corrected chi connectivity index (χ1v) is 8.01. The van der Waals surface area contributed by atoms with Crippen LogP contribution in [0.5, 0.6) is 0 Å². The highest BCUT2D eigenvalue weighted by Gasteiger charge is 2.18. The zero-order valence-corrected chi connectivity index (χ0v) is 12.9. The van der Waals surface area contributed by atoms with E-state index in [1.807, 2.05) is 0 Å². The summed E-state index contributed by atoms with van der Waals surface area (Å²) in [5.41, 5.74) is 0.720. The van der Waals surface area contributed by atoms with E-state index in [0.29, 0.717) is 18.7 Å². The van der Waals surface area contributed by atoms with Gasteiger partial charge in [-0.15, -0.1) is 0 Å². The molecule has 0 aliphatic heterocycles. The summed E-state index contributed by atoms with van der Waals surface area (Å²) >= 11 is 0. The predicted molar refractivity (Wildman–Crippen MR) is 79.0 cm³/mol. The molecule has 116 valence electrons. The smallest absolute Gasteiger partial charge is 0.279 e. The first kappa shape index (κ1) is 17.6. The minimum absolute atomic E-state index is 0.153. The molecule has 0 aromatic heterocycles. The number of halogens is 1. The van der Waals surface area contributed by atoms with E-state index >= 15 is 0 Å². The molecule has 0 radical (unpaired) electrons. The fourth-order valence-electron chi connectivity index (χ4n) is 1.75. The molecule has 0 amide bonds. The van der Waals surface area contributed by atoms with Gasteiger partial charge in [0.2, 0.25) is 0 Å². The van der Waals surface area contributed by atoms with Crippen molar-refractivity contribution in [1.82, 2.24) is 9.03 Å². The second kappa shape index (κ2) is 8.10. The Morgan fingerprint density at radius 1 is 1.33 bits per heavy atom. The van der Waals surface area contributed by atoms with Gasteiger partial charge in [-0.1, -0.05) is 25.7 Å². The molecule has 0 aliphatic rings. The molecule has 5 nitrogen and oxygen atoms in total. The van der Waals surface area contributed by atoms with Crippen molar-refractivity contribution < 1.29 is 17.9 Å². The predicted octanol–water partition coefficient (Wildman–Crippen LogP) is 0.846. The van der Waals surface area contributed by atoms with Crippen molar-refractivity contribution in [2.45, 2.75) is 20.4 Å². The maximum atomic E-state index is 13.7.